The summed E-state index contributed by atoms with van der Waals surface area (Å²) in [6.07, 6.45) is -2.14. The Labute approximate surface area is 75.4 Å². The van der Waals surface area contributed by atoms with Gasteiger partial charge in [-0.1, -0.05) is 6.92 Å². The Balaban J connectivity index is 0. The molecule has 0 rings (SSSR count). The van der Waals surface area contributed by atoms with Crippen molar-refractivity contribution in [2.45, 2.75) is 32.5 Å². The van der Waals surface area contributed by atoms with Gasteiger partial charge in [-0.25, -0.2) is 9.59 Å². The third kappa shape index (κ3) is 10.9. The molecule has 0 bridgehead atoms. The van der Waals surface area contributed by atoms with Gasteiger partial charge in [-0.05, 0) is 13.3 Å². The monoisotopic (exact) mass is 194 g/mol. The lowest BCUT2D eigenvalue weighted by molar-refractivity contribution is -0.147. The molecule has 0 aliphatic rings. The van der Waals surface area contributed by atoms with Gasteiger partial charge in [0, 0.05) is 0 Å². The van der Waals surface area contributed by atoms with Crippen molar-refractivity contribution in [2.24, 2.45) is 0 Å². The van der Waals surface area contributed by atoms with Crippen LogP contribution in [0.2, 0.25) is 0 Å². The third-order valence-electron chi connectivity index (χ3n) is 1.03. The smallest absolute Gasteiger partial charge is 0.332 e. The zero-order chi connectivity index (χ0) is 11.0. The number of aliphatic hydroxyl groups excluding tert-OH is 2. The van der Waals surface area contributed by atoms with Crippen LogP contribution in [0, 0.1) is 0 Å². The number of aliphatic carboxylic acids is 2. The van der Waals surface area contributed by atoms with Gasteiger partial charge >= 0.3 is 11.9 Å². The van der Waals surface area contributed by atoms with Gasteiger partial charge < -0.3 is 20.4 Å². The van der Waals surface area contributed by atoms with Crippen LogP contribution in [0.4, 0.5) is 0 Å². The summed E-state index contributed by atoms with van der Waals surface area (Å²) in [5.41, 5.74) is 0. The van der Waals surface area contributed by atoms with Crippen molar-refractivity contribution < 1.29 is 30.0 Å². The number of rotatable bonds is 3. The number of hydrogen-bond acceptors (Lipinski definition) is 4. The number of aliphatic hydroxyl groups is 2. The van der Waals surface area contributed by atoms with Gasteiger partial charge in [0.05, 0.1) is 0 Å². The van der Waals surface area contributed by atoms with E-state index in [1.165, 1.54) is 6.92 Å². The fourth-order valence-electron chi connectivity index (χ4n) is 0.175. The van der Waals surface area contributed by atoms with Crippen LogP contribution in [-0.2, 0) is 9.59 Å². The molecule has 0 heterocycles. The molecule has 0 aromatic rings. The van der Waals surface area contributed by atoms with Crippen LogP contribution in [0.25, 0.3) is 0 Å². The van der Waals surface area contributed by atoms with Gasteiger partial charge in [0.1, 0.15) is 6.10 Å². The van der Waals surface area contributed by atoms with E-state index in [-0.39, 0.29) is 6.42 Å². The number of carboxylic acids is 2. The number of carboxylic acid groups (broad SMARTS) is 2. The average Bonchev–Trinajstić information content (AvgIpc) is 2.03. The quantitative estimate of drug-likeness (QED) is 0.472. The molecule has 0 aromatic heterocycles. The fraction of sp³-hybridized carbons (Fsp3) is 0.714. The summed E-state index contributed by atoms with van der Waals surface area (Å²) >= 11 is 0. The minimum Gasteiger partial charge on any atom is -0.479 e. The van der Waals surface area contributed by atoms with Crippen LogP contribution in [0.15, 0.2) is 0 Å². The Morgan fingerprint density at radius 3 is 1.46 bits per heavy atom. The molecule has 0 saturated heterocycles. The van der Waals surface area contributed by atoms with E-state index in [1.54, 1.807) is 6.92 Å². The highest BCUT2D eigenvalue weighted by molar-refractivity contribution is 5.71. The van der Waals surface area contributed by atoms with E-state index in [0.717, 1.165) is 0 Å². The lowest BCUT2D eigenvalue weighted by Crippen LogP contribution is -2.17. The van der Waals surface area contributed by atoms with Crippen molar-refractivity contribution >= 4 is 11.9 Å². The fourth-order valence-corrected chi connectivity index (χ4v) is 0.175. The van der Waals surface area contributed by atoms with Crippen molar-refractivity contribution in [3.8, 4) is 0 Å². The minimum atomic E-state index is -1.23. The molecule has 0 fully saturated rings. The number of carbonyl (C=O) groups is 2. The minimum absolute atomic E-state index is 0.273. The van der Waals surface area contributed by atoms with Gasteiger partial charge in [0.15, 0.2) is 6.10 Å². The van der Waals surface area contributed by atoms with Crippen LogP contribution in [-0.4, -0.2) is 44.6 Å². The number of hydrogen-bond donors (Lipinski definition) is 4. The van der Waals surface area contributed by atoms with Crippen molar-refractivity contribution in [1.82, 2.24) is 0 Å². The zero-order valence-corrected chi connectivity index (χ0v) is 7.47. The first-order chi connectivity index (χ1) is 5.82. The first-order valence-electron chi connectivity index (χ1n) is 3.64. The van der Waals surface area contributed by atoms with Gasteiger partial charge in [-0.3, -0.25) is 0 Å². The second-order valence-corrected chi connectivity index (χ2v) is 2.28. The summed E-state index contributed by atoms with van der Waals surface area (Å²) in [7, 11) is 0. The van der Waals surface area contributed by atoms with Gasteiger partial charge in [0.25, 0.3) is 0 Å². The molecular weight excluding hydrogens is 180 g/mol. The maximum absolute atomic E-state index is 9.68. The lowest BCUT2D eigenvalue weighted by Gasteiger charge is -1.95. The van der Waals surface area contributed by atoms with E-state index < -0.39 is 24.1 Å². The SMILES string of the molecule is CC(O)C(=O)O.CCC(O)C(=O)O. The van der Waals surface area contributed by atoms with E-state index >= 15 is 0 Å². The standard InChI is InChI=1S/C4H8O3.C3H6O3/c1-2-3(5)4(6)7;1-2(4)3(5)6/h3,5H,2H2,1H3,(H,6,7);2,4H,1H3,(H,5,6). The van der Waals surface area contributed by atoms with Crippen molar-refractivity contribution in [3.63, 3.8) is 0 Å². The lowest BCUT2D eigenvalue weighted by atomic mass is 10.3. The normalized spacial score (nSPS) is 13.5. The Bertz CT molecular complexity index is 164. The van der Waals surface area contributed by atoms with E-state index in [9.17, 15) is 9.59 Å². The van der Waals surface area contributed by atoms with E-state index in [2.05, 4.69) is 0 Å². The average molecular weight is 194 g/mol. The van der Waals surface area contributed by atoms with Crippen LogP contribution in [0.3, 0.4) is 0 Å². The van der Waals surface area contributed by atoms with Gasteiger partial charge in [-0.2, -0.15) is 0 Å². The molecule has 4 N–H and O–H groups in total. The van der Waals surface area contributed by atoms with E-state index in [4.69, 9.17) is 20.4 Å². The van der Waals surface area contributed by atoms with Gasteiger partial charge in [-0.15, -0.1) is 0 Å². The molecule has 6 heteroatoms. The Morgan fingerprint density at radius 1 is 1.15 bits per heavy atom. The second kappa shape index (κ2) is 7.51. The summed E-state index contributed by atoms with van der Waals surface area (Å²) in [5.74, 6) is -2.34. The molecule has 0 spiro atoms. The molecule has 0 radical (unpaired) electrons. The van der Waals surface area contributed by atoms with Crippen LogP contribution >= 0.6 is 0 Å². The molecule has 0 aliphatic heterocycles. The molecule has 6 nitrogen and oxygen atoms in total. The Hall–Kier alpha value is -1.14. The second-order valence-electron chi connectivity index (χ2n) is 2.28. The maximum atomic E-state index is 9.68. The highest BCUT2D eigenvalue weighted by Gasteiger charge is 2.07. The Kier molecular flexibility index (Phi) is 8.31. The van der Waals surface area contributed by atoms with Crippen molar-refractivity contribution in [2.75, 3.05) is 0 Å². The predicted molar refractivity (Wildman–Crippen MR) is 43.3 cm³/mol. The van der Waals surface area contributed by atoms with Crippen molar-refractivity contribution in [1.29, 1.82) is 0 Å². The molecule has 13 heavy (non-hydrogen) atoms. The predicted octanol–water partition coefficient (Wildman–Crippen LogP) is -0.706. The highest BCUT2D eigenvalue weighted by atomic mass is 16.4. The highest BCUT2D eigenvalue weighted by Crippen LogP contribution is 1.86. The van der Waals surface area contributed by atoms with Crippen LogP contribution in [0.1, 0.15) is 20.3 Å². The molecule has 78 valence electrons. The van der Waals surface area contributed by atoms with E-state index in [1.807, 2.05) is 0 Å². The molecule has 2 atom stereocenters. The van der Waals surface area contributed by atoms with Crippen LogP contribution in [0.5, 0.6) is 0 Å². The summed E-state index contributed by atoms with van der Waals surface area (Å²) in [4.78, 5) is 19.1. The summed E-state index contributed by atoms with van der Waals surface area (Å²) < 4.78 is 0. The molecule has 2 unspecified atom stereocenters. The maximum Gasteiger partial charge on any atom is 0.332 e. The Morgan fingerprint density at radius 2 is 1.46 bits per heavy atom. The topological polar surface area (TPSA) is 115 Å². The van der Waals surface area contributed by atoms with Crippen LogP contribution < -0.4 is 0 Å². The molecule has 0 saturated carbocycles. The first-order valence-corrected chi connectivity index (χ1v) is 3.64. The molecular formula is C7H14O6. The first kappa shape index (κ1) is 14.4. The summed E-state index contributed by atoms with van der Waals surface area (Å²) in [5, 5.41) is 32.0. The molecule has 0 aliphatic carbocycles. The zero-order valence-electron chi connectivity index (χ0n) is 7.47. The van der Waals surface area contributed by atoms with Crippen molar-refractivity contribution in [3.05, 3.63) is 0 Å². The molecule has 0 aromatic carbocycles. The summed E-state index contributed by atoms with van der Waals surface area (Å²) in [6, 6.07) is 0. The van der Waals surface area contributed by atoms with E-state index in [0.29, 0.717) is 0 Å². The van der Waals surface area contributed by atoms with Gasteiger partial charge in [0.2, 0.25) is 0 Å². The third-order valence-corrected chi connectivity index (χ3v) is 1.03. The largest absolute Gasteiger partial charge is 0.479 e. The summed E-state index contributed by atoms with van der Waals surface area (Å²) in [6.45, 7) is 2.81. The molecule has 0 amide bonds.